The van der Waals surface area contributed by atoms with E-state index in [4.69, 9.17) is 15.2 Å². The summed E-state index contributed by atoms with van der Waals surface area (Å²) in [5.74, 6) is 1.64. The summed E-state index contributed by atoms with van der Waals surface area (Å²) in [5, 5.41) is 0.108. The summed E-state index contributed by atoms with van der Waals surface area (Å²) in [4.78, 5) is 13.9. The fraction of sp³-hybridized carbons (Fsp3) is 0.353. The molecule has 0 radical (unpaired) electrons. The lowest BCUT2D eigenvalue weighted by Gasteiger charge is -2.12. The minimum Gasteiger partial charge on any atom is -0.454 e. The maximum absolute atomic E-state index is 12.1. The molecule has 4 rings (SSSR count). The first-order valence-electron chi connectivity index (χ1n) is 8.98. The Kier molecular flexibility index (Phi) is 5.96. The first-order valence-corrected chi connectivity index (χ1v) is 12.4. The summed E-state index contributed by atoms with van der Waals surface area (Å²) in [7, 11) is -3.38. The second-order valence-electron chi connectivity index (χ2n) is 6.70. The van der Waals surface area contributed by atoms with Crippen LogP contribution in [0.2, 0.25) is 0 Å². The number of rotatable bonds is 7. The quantitative estimate of drug-likeness (QED) is 0.416. The van der Waals surface area contributed by atoms with Crippen molar-refractivity contribution in [2.45, 2.75) is 35.7 Å². The Morgan fingerprint density at radius 1 is 1.30 bits per heavy atom. The molecule has 0 bridgehead atoms. The molecule has 0 spiro atoms. The van der Waals surface area contributed by atoms with Gasteiger partial charge in [0.2, 0.25) is 16.8 Å². The van der Waals surface area contributed by atoms with Crippen LogP contribution in [0.15, 0.2) is 28.5 Å². The second-order valence-corrected chi connectivity index (χ2v) is 11.2. The average Bonchev–Trinajstić information content (AvgIpc) is 3.27. The summed E-state index contributed by atoms with van der Waals surface area (Å²) in [5.41, 5.74) is 7.01. The van der Waals surface area contributed by atoms with Gasteiger partial charge in [-0.3, -0.25) is 0 Å². The molecular formula is C17H19IN6O4S2. The van der Waals surface area contributed by atoms with E-state index in [1.165, 1.54) is 18.1 Å². The molecule has 2 aromatic heterocycles. The number of ether oxygens (including phenoxy) is 2. The Balaban J connectivity index is 1.67. The van der Waals surface area contributed by atoms with Gasteiger partial charge in [0.05, 0.1) is 5.25 Å². The fourth-order valence-electron chi connectivity index (χ4n) is 2.75. The van der Waals surface area contributed by atoms with Crippen LogP contribution < -0.4 is 19.9 Å². The third-order valence-electron chi connectivity index (χ3n) is 4.41. The van der Waals surface area contributed by atoms with Gasteiger partial charge in [0.1, 0.15) is 6.33 Å². The number of nitrogens with zero attached hydrogens (tertiary/aromatic N) is 4. The van der Waals surface area contributed by atoms with Crippen LogP contribution in [0.3, 0.4) is 0 Å². The van der Waals surface area contributed by atoms with Gasteiger partial charge in [0.25, 0.3) is 0 Å². The minimum atomic E-state index is -3.38. The van der Waals surface area contributed by atoms with E-state index in [0.29, 0.717) is 34.4 Å². The fourth-order valence-corrected chi connectivity index (χ4v) is 5.18. The first-order chi connectivity index (χ1) is 14.3. The van der Waals surface area contributed by atoms with E-state index in [0.717, 1.165) is 8.47 Å². The van der Waals surface area contributed by atoms with Gasteiger partial charge >= 0.3 is 0 Å². The molecule has 160 valence electrons. The molecule has 0 aliphatic carbocycles. The van der Waals surface area contributed by atoms with Crippen LogP contribution >= 0.6 is 34.4 Å². The number of hydrogen-bond acceptors (Lipinski definition) is 9. The van der Waals surface area contributed by atoms with Gasteiger partial charge in [0.15, 0.2) is 33.6 Å². The highest BCUT2D eigenvalue weighted by Gasteiger charge is 2.21. The molecule has 30 heavy (non-hydrogen) atoms. The maximum Gasteiger partial charge on any atom is 0.231 e. The van der Waals surface area contributed by atoms with E-state index >= 15 is 0 Å². The Morgan fingerprint density at radius 3 is 2.77 bits per heavy atom. The van der Waals surface area contributed by atoms with E-state index in [2.05, 4.69) is 42.3 Å². The van der Waals surface area contributed by atoms with Crippen LogP contribution in [0.5, 0.6) is 11.5 Å². The molecule has 0 saturated carbocycles. The number of nitrogen functional groups attached to an aromatic ring is 1. The summed E-state index contributed by atoms with van der Waals surface area (Å²) in [6, 6.07) is 3.80. The van der Waals surface area contributed by atoms with Crippen molar-refractivity contribution in [1.82, 2.24) is 24.2 Å². The molecule has 3 N–H and O–H groups in total. The molecule has 1 aliphatic heterocycles. The molecule has 10 nitrogen and oxygen atoms in total. The summed E-state index contributed by atoms with van der Waals surface area (Å²) < 4.78 is 40.5. The molecule has 0 atom stereocenters. The Morgan fingerprint density at radius 2 is 2.03 bits per heavy atom. The lowest BCUT2D eigenvalue weighted by molar-refractivity contribution is 0.174. The normalized spacial score (nSPS) is 13.5. The highest BCUT2D eigenvalue weighted by Crippen LogP contribution is 2.41. The largest absolute Gasteiger partial charge is 0.454 e. The average molecular weight is 562 g/mol. The lowest BCUT2D eigenvalue weighted by Crippen LogP contribution is -2.33. The highest BCUT2D eigenvalue weighted by molar-refractivity contribution is 14.1. The predicted molar refractivity (Wildman–Crippen MR) is 121 cm³/mol. The van der Waals surface area contributed by atoms with Crippen molar-refractivity contribution in [2.75, 3.05) is 19.1 Å². The third-order valence-corrected chi connectivity index (χ3v) is 8.57. The van der Waals surface area contributed by atoms with Gasteiger partial charge < -0.3 is 19.8 Å². The lowest BCUT2D eigenvalue weighted by atomic mass is 10.3. The van der Waals surface area contributed by atoms with Crippen molar-refractivity contribution < 1.29 is 17.9 Å². The van der Waals surface area contributed by atoms with Gasteiger partial charge in [-0.1, -0.05) is 11.8 Å². The van der Waals surface area contributed by atoms with Crippen LogP contribution in [0, 0.1) is 3.57 Å². The molecule has 0 saturated heterocycles. The molecule has 3 aromatic rings. The summed E-state index contributed by atoms with van der Waals surface area (Å²) >= 11 is 3.64. The second kappa shape index (κ2) is 8.36. The zero-order valence-electron chi connectivity index (χ0n) is 16.1. The standard InChI is InChI=1S/C17H19IN6O4S2/c1-9(2)30(25,26)22-3-4-24-16-14(15(19)20-7-21-16)23-17(24)29-13-6-12-11(5-10(13)18)27-8-28-12/h5-7,9,22H,3-4,8H2,1-2H3,(H2,19,20,21). The molecule has 3 heterocycles. The minimum absolute atomic E-state index is 0.195. The summed E-state index contributed by atoms with van der Waals surface area (Å²) in [6.45, 7) is 3.99. The summed E-state index contributed by atoms with van der Waals surface area (Å²) in [6.07, 6.45) is 1.37. The zero-order valence-corrected chi connectivity index (χ0v) is 19.9. The van der Waals surface area contributed by atoms with Gasteiger partial charge in [-0.05, 0) is 48.6 Å². The van der Waals surface area contributed by atoms with Crippen molar-refractivity contribution in [3.63, 3.8) is 0 Å². The number of aromatic nitrogens is 4. The number of fused-ring (bicyclic) bond motifs is 2. The maximum atomic E-state index is 12.1. The monoisotopic (exact) mass is 562 g/mol. The molecule has 0 fully saturated rings. The predicted octanol–water partition coefficient (Wildman–Crippen LogP) is 2.22. The van der Waals surface area contributed by atoms with Crippen LogP contribution in [0.4, 0.5) is 5.82 Å². The number of sulfonamides is 1. The number of halogens is 1. The molecule has 0 amide bonds. The van der Waals surface area contributed by atoms with Gasteiger partial charge in [-0.25, -0.2) is 28.1 Å². The topological polar surface area (TPSA) is 134 Å². The smallest absolute Gasteiger partial charge is 0.231 e. The number of hydrogen-bond donors (Lipinski definition) is 2. The van der Waals surface area contributed by atoms with E-state index in [9.17, 15) is 8.42 Å². The van der Waals surface area contributed by atoms with Crippen LogP contribution in [-0.2, 0) is 16.6 Å². The third kappa shape index (κ3) is 4.15. The van der Waals surface area contributed by atoms with E-state index in [1.807, 2.05) is 16.7 Å². The van der Waals surface area contributed by atoms with Crippen LogP contribution in [0.25, 0.3) is 11.2 Å². The molecule has 1 aromatic carbocycles. The SMILES string of the molecule is CC(C)S(=O)(=O)NCCn1c(Sc2cc3c(cc2I)OCO3)nc2c(N)ncnc21. The van der Waals surface area contributed by atoms with Crippen molar-refractivity contribution >= 4 is 61.4 Å². The Hall–Kier alpha value is -1.84. The zero-order chi connectivity index (χ0) is 21.5. The number of imidazole rings is 1. The number of nitrogens with two attached hydrogens (primary N) is 1. The Bertz CT molecular complexity index is 1210. The van der Waals surface area contributed by atoms with Crippen molar-refractivity contribution in [1.29, 1.82) is 0 Å². The van der Waals surface area contributed by atoms with Crippen LogP contribution in [-0.4, -0.2) is 46.5 Å². The van der Waals surface area contributed by atoms with Crippen molar-refractivity contribution in [2.24, 2.45) is 0 Å². The molecular weight excluding hydrogens is 543 g/mol. The van der Waals surface area contributed by atoms with Gasteiger partial charge in [-0.2, -0.15) is 0 Å². The van der Waals surface area contributed by atoms with Crippen molar-refractivity contribution in [3.8, 4) is 11.5 Å². The van der Waals surface area contributed by atoms with Crippen LogP contribution in [0.1, 0.15) is 13.8 Å². The first kappa shape index (κ1) is 21.4. The van der Waals surface area contributed by atoms with Crippen molar-refractivity contribution in [3.05, 3.63) is 22.0 Å². The molecule has 0 unspecified atom stereocenters. The van der Waals surface area contributed by atoms with E-state index in [1.54, 1.807) is 13.8 Å². The Labute approximate surface area is 191 Å². The molecule has 13 heteroatoms. The highest BCUT2D eigenvalue weighted by atomic mass is 127. The number of anilines is 1. The number of nitrogens with one attached hydrogen (secondary N) is 1. The van der Waals surface area contributed by atoms with E-state index in [-0.39, 0.29) is 19.2 Å². The van der Waals surface area contributed by atoms with E-state index < -0.39 is 15.3 Å². The van der Waals surface area contributed by atoms with Gasteiger partial charge in [-0.15, -0.1) is 0 Å². The number of benzene rings is 1. The van der Waals surface area contributed by atoms with Gasteiger partial charge in [0, 0.05) is 21.6 Å². The molecule has 1 aliphatic rings.